The molecule has 1 heterocycles. The van der Waals surface area contributed by atoms with Gasteiger partial charge in [0.2, 0.25) is 10.0 Å². The lowest BCUT2D eigenvalue weighted by molar-refractivity contribution is -0.139. The maximum absolute atomic E-state index is 11.9. The fourth-order valence-corrected chi connectivity index (χ4v) is 6.15. The van der Waals surface area contributed by atoms with E-state index < -0.39 is 22.0 Å². The highest BCUT2D eigenvalue weighted by molar-refractivity contribution is 9.12. The van der Waals surface area contributed by atoms with Crippen LogP contribution in [0.1, 0.15) is 13.3 Å². The third-order valence-electron chi connectivity index (χ3n) is 1.92. The third kappa shape index (κ3) is 3.75. The van der Waals surface area contributed by atoms with Crippen LogP contribution in [0.2, 0.25) is 0 Å². The smallest absolute Gasteiger partial charge is 0.321 e. The van der Waals surface area contributed by atoms with E-state index in [4.69, 9.17) is 5.11 Å². The molecule has 0 aliphatic heterocycles. The number of halogens is 2. The van der Waals surface area contributed by atoms with Crippen LogP contribution in [0, 0.1) is 0 Å². The average molecular weight is 407 g/mol. The molecule has 0 bridgehead atoms. The number of rotatable bonds is 5. The number of sulfonamides is 1. The monoisotopic (exact) mass is 405 g/mol. The Balaban J connectivity index is 3.04. The molecule has 0 fully saturated rings. The van der Waals surface area contributed by atoms with Crippen molar-refractivity contribution in [3.8, 4) is 0 Å². The molecular weight excluding hydrogens is 398 g/mol. The molecule has 0 amide bonds. The molecule has 17 heavy (non-hydrogen) atoms. The lowest BCUT2D eigenvalue weighted by atomic mass is 10.2. The van der Waals surface area contributed by atoms with Crippen LogP contribution in [0.4, 0.5) is 0 Å². The Morgan fingerprint density at radius 1 is 1.59 bits per heavy atom. The summed E-state index contributed by atoms with van der Waals surface area (Å²) in [5.41, 5.74) is 0. The van der Waals surface area contributed by atoms with Crippen LogP contribution in [0.25, 0.3) is 0 Å². The maximum atomic E-state index is 11.9. The minimum atomic E-state index is -3.82. The number of hydrogen-bond donors (Lipinski definition) is 2. The Morgan fingerprint density at radius 3 is 2.53 bits per heavy atom. The second-order valence-corrected chi connectivity index (χ2v) is 8.54. The van der Waals surface area contributed by atoms with Crippen LogP contribution in [0.15, 0.2) is 18.5 Å². The standard InChI is InChI=1S/C8H9Br2NO4S2/c1-2-4(8(12)13)11-17(14,15)5-3-6(9)16-7(5)10/h3-4,11H,2H2,1H3,(H,12,13)/t4-/m0/s1. The summed E-state index contributed by atoms with van der Waals surface area (Å²) in [5, 5.41) is 8.81. The van der Waals surface area contributed by atoms with Gasteiger partial charge in [-0.1, -0.05) is 6.92 Å². The summed E-state index contributed by atoms with van der Waals surface area (Å²) in [4.78, 5) is 10.8. The van der Waals surface area contributed by atoms with Gasteiger partial charge in [0.1, 0.15) is 10.9 Å². The van der Waals surface area contributed by atoms with E-state index in [1.807, 2.05) is 0 Å². The van der Waals surface area contributed by atoms with Gasteiger partial charge in [-0.2, -0.15) is 4.72 Å². The van der Waals surface area contributed by atoms with E-state index >= 15 is 0 Å². The van der Waals surface area contributed by atoms with Crippen molar-refractivity contribution in [1.29, 1.82) is 0 Å². The predicted molar refractivity (Wildman–Crippen MR) is 71.8 cm³/mol. The minimum Gasteiger partial charge on any atom is -0.480 e. The van der Waals surface area contributed by atoms with Gasteiger partial charge >= 0.3 is 5.97 Å². The number of hydrogen-bond acceptors (Lipinski definition) is 4. The Bertz CT molecular complexity index is 526. The summed E-state index contributed by atoms with van der Waals surface area (Å²) in [6.45, 7) is 1.60. The summed E-state index contributed by atoms with van der Waals surface area (Å²) >= 11 is 7.50. The van der Waals surface area contributed by atoms with Crippen molar-refractivity contribution in [2.24, 2.45) is 0 Å². The van der Waals surface area contributed by atoms with E-state index in [-0.39, 0.29) is 11.3 Å². The van der Waals surface area contributed by atoms with Crippen molar-refractivity contribution in [3.05, 3.63) is 13.6 Å². The molecule has 2 N–H and O–H groups in total. The molecule has 0 aliphatic rings. The van der Waals surface area contributed by atoms with E-state index in [9.17, 15) is 13.2 Å². The van der Waals surface area contributed by atoms with Crippen molar-refractivity contribution in [2.75, 3.05) is 0 Å². The molecule has 0 aliphatic carbocycles. The molecule has 1 aromatic rings. The van der Waals surface area contributed by atoms with Gasteiger partial charge in [-0.15, -0.1) is 11.3 Å². The Morgan fingerprint density at radius 2 is 2.18 bits per heavy atom. The zero-order valence-corrected chi connectivity index (χ0v) is 13.4. The number of nitrogens with one attached hydrogen (secondary N) is 1. The molecular formula is C8H9Br2NO4S2. The van der Waals surface area contributed by atoms with Crippen LogP contribution < -0.4 is 4.72 Å². The summed E-state index contributed by atoms with van der Waals surface area (Å²) < 4.78 is 27.1. The second-order valence-electron chi connectivity index (χ2n) is 3.11. The molecule has 0 unspecified atom stereocenters. The van der Waals surface area contributed by atoms with E-state index in [0.717, 1.165) is 0 Å². The first-order valence-corrected chi connectivity index (χ1v) is 8.36. The molecule has 1 aromatic heterocycles. The topological polar surface area (TPSA) is 83.5 Å². The lowest BCUT2D eigenvalue weighted by Gasteiger charge is -2.11. The highest BCUT2D eigenvalue weighted by atomic mass is 79.9. The average Bonchev–Trinajstić information content (AvgIpc) is 2.54. The number of carboxylic acids is 1. The predicted octanol–water partition coefficient (Wildman–Crippen LogP) is 2.41. The zero-order chi connectivity index (χ0) is 13.2. The first kappa shape index (κ1) is 15.1. The Labute approximate surface area is 120 Å². The van der Waals surface area contributed by atoms with Crippen LogP contribution >= 0.6 is 43.2 Å². The van der Waals surface area contributed by atoms with E-state index in [1.54, 1.807) is 6.92 Å². The minimum absolute atomic E-state index is 0.0362. The van der Waals surface area contributed by atoms with Crippen molar-refractivity contribution in [1.82, 2.24) is 4.72 Å². The normalized spacial score (nSPS) is 13.6. The fourth-order valence-electron chi connectivity index (χ4n) is 1.07. The van der Waals surface area contributed by atoms with Gasteiger partial charge in [0.15, 0.2) is 0 Å². The van der Waals surface area contributed by atoms with Crippen molar-refractivity contribution < 1.29 is 18.3 Å². The third-order valence-corrected chi connectivity index (χ3v) is 6.15. The molecule has 0 radical (unpaired) electrons. The molecule has 1 rings (SSSR count). The number of carboxylic acid groups (broad SMARTS) is 1. The van der Waals surface area contributed by atoms with E-state index in [1.165, 1.54) is 17.4 Å². The van der Waals surface area contributed by atoms with Gasteiger partial charge in [0.05, 0.1) is 7.57 Å². The summed E-state index contributed by atoms with van der Waals surface area (Å²) in [6.07, 6.45) is 0.178. The molecule has 0 saturated carbocycles. The molecule has 9 heteroatoms. The van der Waals surface area contributed by atoms with Crippen LogP contribution in [-0.2, 0) is 14.8 Å². The molecule has 1 atom stereocenters. The Hall–Kier alpha value is 0.0400. The van der Waals surface area contributed by atoms with Crippen molar-refractivity contribution in [2.45, 2.75) is 24.3 Å². The highest BCUT2D eigenvalue weighted by Gasteiger charge is 2.26. The van der Waals surface area contributed by atoms with Crippen LogP contribution in [0.3, 0.4) is 0 Å². The van der Waals surface area contributed by atoms with Gasteiger partial charge in [-0.25, -0.2) is 8.42 Å². The number of carbonyl (C=O) groups is 1. The molecule has 0 spiro atoms. The van der Waals surface area contributed by atoms with Crippen LogP contribution in [-0.4, -0.2) is 25.5 Å². The van der Waals surface area contributed by atoms with E-state index in [0.29, 0.717) is 7.57 Å². The van der Waals surface area contributed by atoms with Gasteiger partial charge < -0.3 is 5.11 Å². The molecule has 0 saturated heterocycles. The zero-order valence-electron chi connectivity index (χ0n) is 8.61. The summed E-state index contributed by atoms with van der Waals surface area (Å²) in [7, 11) is -3.82. The fraction of sp³-hybridized carbons (Fsp3) is 0.375. The van der Waals surface area contributed by atoms with E-state index in [2.05, 4.69) is 36.6 Å². The first-order chi connectivity index (χ1) is 7.77. The second kappa shape index (κ2) is 5.79. The van der Waals surface area contributed by atoms with Gasteiger partial charge in [-0.05, 0) is 44.3 Å². The Kier molecular flexibility index (Phi) is 5.14. The quantitative estimate of drug-likeness (QED) is 0.786. The molecule has 96 valence electrons. The number of aliphatic carboxylic acids is 1. The molecule has 0 aromatic carbocycles. The summed E-state index contributed by atoms with van der Waals surface area (Å²) in [5.74, 6) is -1.19. The van der Waals surface area contributed by atoms with Crippen molar-refractivity contribution in [3.63, 3.8) is 0 Å². The van der Waals surface area contributed by atoms with Gasteiger partial charge in [0.25, 0.3) is 0 Å². The largest absolute Gasteiger partial charge is 0.480 e. The van der Waals surface area contributed by atoms with Crippen molar-refractivity contribution >= 4 is 59.2 Å². The SMILES string of the molecule is CC[C@H](NS(=O)(=O)c1cc(Br)sc1Br)C(=O)O. The highest BCUT2D eigenvalue weighted by Crippen LogP contribution is 2.34. The number of thiophene rings is 1. The van der Waals surface area contributed by atoms with Gasteiger partial charge in [0, 0.05) is 0 Å². The summed E-state index contributed by atoms with van der Waals surface area (Å²) in [6, 6.07) is 0.302. The molecule has 5 nitrogen and oxygen atoms in total. The first-order valence-electron chi connectivity index (χ1n) is 4.48. The maximum Gasteiger partial charge on any atom is 0.321 e. The van der Waals surface area contributed by atoms with Crippen LogP contribution in [0.5, 0.6) is 0 Å². The van der Waals surface area contributed by atoms with Gasteiger partial charge in [-0.3, -0.25) is 4.79 Å². The lowest BCUT2D eigenvalue weighted by Crippen LogP contribution is -2.40.